The molecule has 1 aliphatic rings. The van der Waals surface area contributed by atoms with Crippen LogP contribution in [0.2, 0.25) is 0 Å². The smallest absolute Gasteiger partial charge is 0.0744 e. The van der Waals surface area contributed by atoms with Crippen LogP contribution < -0.4 is 16.4 Å². The normalized spacial score (nSPS) is 24.0. The molecule has 1 aliphatic heterocycles. The summed E-state index contributed by atoms with van der Waals surface area (Å²) in [5.41, 5.74) is 5.57. The maximum Gasteiger partial charge on any atom is 0.0744 e. The average Bonchev–Trinajstić information content (AvgIpc) is 2.31. The van der Waals surface area contributed by atoms with Crippen LogP contribution in [-0.4, -0.2) is 55.1 Å². The van der Waals surface area contributed by atoms with Crippen LogP contribution in [0.5, 0.6) is 0 Å². The first-order valence-corrected chi connectivity index (χ1v) is 6.67. The number of nitrogens with two attached hydrogens (primary N) is 1. The number of piperazine rings is 1. The highest BCUT2D eigenvalue weighted by Gasteiger charge is 2.33. The standard InChI is InChI=1S/C11H26N4S/c1-3-11(2,16)10(14-5-4-12)15-8-6-13-7-9-15/h10,13-14,16H,3-9,12H2,1-2H3. The van der Waals surface area contributed by atoms with E-state index in [1.54, 1.807) is 0 Å². The third-order valence-electron chi connectivity index (χ3n) is 3.30. The highest BCUT2D eigenvalue weighted by molar-refractivity contribution is 7.81. The van der Waals surface area contributed by atoms with Crippen LogP contribution in [0.25, 0.3) is 0 Å². The molecule has 0 aliphatic carbocycles. The minimum Gasteiger partial charge on any atom is -0.329 e. The van der Waals surface area contributed by atoms with Crippen molar-refractivity contribution in [1.82, 2.24) is 15.5 Å². The van der Waals surface area contributed by atoms with Gasteiger partial charge in [0.2, 0.25) is 0 Å². The van der Waals surface area contributed by atoms with Gasteiger partial charge in [-0.3, -0.25) is 10.2 Å². The quantitative estimate of drug-likeness (QED) is 0.493. The van der Waals surface area contributed by atoms with Gasteiger partial charge < -0.3 is 11.1 Å². The molecule has 0 aromatic heterocycles. The SMILES string of the molecule is CCC(C)(S)C(NCCN)N1CCNCC1. The van der Waals surface area contributed by atoms with Crippen molar-refractivity contribution in [3.63, 3.8) is 0 Å². The number of hydrogen-bond acceptors (Lipinski definition) is 5. The zero-order chi connectivity index (χ0) is 12.0. The Hall–Kier alpha value is 0.190. The summed E-state index contributed by atoms with van der Waals surface area (Å²) in [6.07, 6.45) is 1.36. The van der Waals surface area contributed by atoms with Crippen LogP contribution in [-0.2, 0) is 0 Å². The summed E-state index contributed by atoms with van der Waals surface area (Å²) in [6, 6.07) is 0. The van der Waals surface area contributed by atoms with Gasteiger partial charge >= 0.3 is 0 Å². The molecule has 0 spiro atoms. The third-order valence-corrected chi connectivity index (χ3v) is 3.86. The van der Waals surface area contributed by atoms with Crippen molar-refractivity contribution < 1.29 is 0 Å². The lowest BCUT2D eigenvalue weighted by Gasteiger charge is -2.43. The first kappa shape index (κ1) is 14.3. The minimum absolute atomic E-state index is 0.00743. The zero-order valence-electron chi connectivity index (χ0n) is 10.5. The summed E-state index contributed by atoms with van der Waals surface area (Å²) in [5, 5.41) is 6.90. The first-order valence-electron chi connectivity index (χ1n) is 6.22. The maximum atomic E-state index is 5.57. The Labute approximate surface area is 105 Å². The van der Waals surface area contributed by atoms with Gasteiger partial charge in [0.05, 0.1) is 6.17 Å². The van der Waals surface area contributed by atoms with E-state index in [1.807, 2.05) is 0 Å². The number of nitrogens with one attached hydrogen (secondary N) is 2. The fourth-order valence-corrected chi connectivity index (χ4v) is 2.35. The molecular weight excluding hydrogens is 220 g/mol. The Morgan fingerprint density at radius 2 is 2.12 bits per heavy atom. The fraction of sp³-hybridized carbons (Fsp3) is 1.00. The van der Waals surface area contributed by atoms with E-state index in [4.69, 9.17) is 18.4 Å². The Morgan fingerprint density at radius 1 is 1.50 bits per heavy atom. The van der Waals surface area contributed by atoms with E-state index in [0.29, 0.717) is 12.7 Å². The Morgan fingerprint density at radius 3 is 2.62 bits per heavy atom. The van der Waals surface area contributed by atoms with Crippen LogP contribution >= 0.6 is 12.6 Å². The van der Waals surface area contributed by atoms with E-state index in [1.165, 1.54) is 0 Å². The summed E-state index contributed by atoms with van der Waals surface area (Å²) in [5.74, 6) is 0. The molecule has 1 fully saturated rings. The predicted molar refractivity (Wildman–Crippen MR) is 73.0 cm³/mol. The zero-order valence-corrected chi connectivity index (χ0v) is 11.4. The Kier molecular flexibility index (Phi) is 6.07. The van der Waals surface area contributed by atoms with Gasteiger partial charge in [0.1, 0.15) is 0 Å². The minimum atomic E-state index is -0.00743. The van der Waals surface area contributed by atoms with Crippen molar-refractivity contribution in [2.75, 3.05) is 39.3 Å². The van der Waals surface area contributed by atoms with E-state index >= 15 is 0 Å². The topological polar surface area (TPSA) is 53.3 Å². The average molecular weight is 246 g/mol. The second kappa shape index (κ2) is 6.81. The van der Waals surface area contributed by atoms with Crippen LogP contribution in [0.1, 0.15) is 20.3 Å². The van der Waals surface area contributed by atoms with Crippen LogP contribution in [0.15, 0.2) is 0 Å². The van der Waals surface area contributed by atoms with Crippen molar-refractivity contribution in [2.45, 2.75) is 31.2 Å². The van der Waals surface area contributed by atoms with Gasteiger partial charge in [-0.05, 0) is 13.3 Å². The highest BCUT2D eigenvalue weighted by Crippen LogP contribution is 2.25. The monoisotopic (exact) mass is 246 g/mol. The lowest BCUT2D eigenvalue weighted by atomic mass is 10.0. The molecule has 5 heteroatoms. The van der Waals surface area contributed by atoms with Gasteiger partial charge in [0, 0.05) is 44.0 Å². The Bertz CT molecular complexity index is 192. The summed E-state index contributed by atoms with van der Waals surface area (Å²) >= 11 is 4.80. The molecule has 4 nitrogen and oxygen atoms in total. The number of rotatable bonds is 6. The molecule has 4 N–H and O–H groups in total. The second-order valence-corrected chi connectivity index (χ2v) is 5.66. The number of hydrogen-bond donors (Lipinski definition) is 4. The van der Waals surface area contributed by atoms with Crippen LogP contribution in [0.4, 0.5) is 0 Å². The van der Waals surface area contributed by atoms with Crippen molar-refractivity contribution in [3.05, 3.63) is 0 Å². The van der Waals surface area contributed by atoms with Crippen LogP contribution in [0.3, 0.4) is 0 Å². The van der Waals surface area contributed by atoms with Crippen molar-refractivity contribution >= 4 is 12.6 Å². The molecule has 1 heterocycles. The van der Waals surface area contributed by atoms with E-state index in [0.717, 1.165) is 39.1 Å². The van der Waals surface area contributed by atoms with Crippen molar-refractivity contribution in [2.24, 2.45) is 5.73 Å². The maximum absolute atomic E-state index is 5.57. The summed E-state index contributed by atoms with van der Waals surface area (Å²) < 4.78 is -0.00743. The molecular formula is C11H26N4S. The van der Waals surface area contributed by atoms with Gasteiger partial charge in [0.25, 0.3) is 0 Å². The molecule has 1 rings (SSSR count). The molecule has 0 amide bonds. The van der Waals surface area contributed by atoms with E-state index in [2.05, 4.69) is 29.4 Å². The first-order chi connectivity index (χ1) is 7.61. The Balaban J connectivity index is 2.61. The van der Waals surface area contributed by atoms with E-state index in [9.17, 15) is 0 Å². The van der Waals surface area contributed by atoms with Crippen molar-refractivity contribution in [3.8, 4) is 0 Å². The molecule has 2 atom stereocenters. The summed E-state index contributed by atoms with van der Waals surface area (Å²) in [7, 11) is 0. The molecule has 96 valence electrons. The third kappa shape index (κ3) is 3.89. The van der Waals surface area contributed by atoms with Crippen LogP contribution in [0, 0.1) is 0 Å². The predicted octanol–water partition coefficient (Wildman–Crippen LogP) is -0.135. The molecule has 0 aromatic rings. The van der Waals surface area contributed by atoms with Gasteiger partial charge in [-0.15, -0.1) is 0 Å². The van der Waals surface area contributed by atoms with E-state index < -0.39 is 0 Å². The molecule has 0 aromatic carbocycles. The van der Waals surface area contributed by atoms with E-state index in [-0.39, 0.29) is 4.75 Å². The van der Waals surface area contributed by atoms with Gasteiger partial charge in [-0.25, -0.2) is 0 Å². The molecule has 2 unspecified atom stereocenters. The summed E-state index contributed by atoms with van der Waals surface area (Å²) in [4.78, 5) is 2.47. The number of nitrogens with zero attached hydrogens (tertiary/aromatic N) is 1. The molecule has 1 saturated heterocycles. The summed E-state index contributed by atoms with van der Waals surface area (Å²) in [6.45, 7) is 10.2. The molecule has 0 saturated carbocycles. The highest BCUT2D eigenvalue weighted by atomic mass is 32.1. The number of thiol groups is 1. The van der Waals surface area contributed by atoms with Gasteiger partial charge in [-0.2, -0.15) is 12.6 Å². The lowest BCUT2D eigenvalue weighted by Crippen LogP contribution is -2.61. The van der Waals surface area contributed by atoms with Gasteiger partial charge in [0.15, 0.2) is 0 Å². The fourth-order valence-electron chi connectivity index (χ4n) is 2.10. The molecule has 0 radical (unpaired) electrons. The van der Waals surface area contributed by atoms with Crippen molar-refractivity contribution in [1.29, 1.82) is 0 Å². The largest absolute Gasteiger partial charge is 0.329 e. The lowest BCUT2D eigenvalue weighted by molar-refractivity contribution is 0.116. The van der Waals surface area contributed by atoms with Gasteiger partial charge in [-0.1, -0.05) is 6.92 Å². The second-order valence-electron chi connectivity index (χ2n) is 4.64. The molecule has 16 heavy (non-hydrogen) atoms. The molecule has 0 bridgehead atoms.